The Bertz CT molecular complexity index is 1280. The van der Waals surface area contributed by atoms with Crippen LogP contribution in [0.25, 0.3) is 22.2 Å². The molecule has 2 N–H and O–H groups in total. The van der Waals surface area contributed by atoms with Gasteiger partial charge in [-0.15, -0.1) is 0 Å². The van der Waals surface area contributed by atoms with E-state index in [-0.39, 0.29) is 5.91 Å². The van der Waals surface area contributed by atoms with E-state index in [9.17, 15) is 4.79 Å². The molecule has 0 saturated carbocycles. The topological polar surface area (TPSA) is 75.7 Å². The molecule has 0 bridgehead atoms. The standard InChI is InChI=1S/C26H25N3O3/c1-16-10-17(2)24-22(11-16)23(25(28-24)18-8-6-5-7-9-18)15-27-29-26(30)19-12-20(31-3)14-21(13-19)32-4/h5-15,28H,1-4H3,(H,29,30)/b27-15+. The Kier molecular flexibility index (Phi) is 5.94. The maximum absolute atomic E-state index is 12.7. The first-order valence-corrected chi connectivity index (χ1v) is 10.2. The minimum absolute atomic E-state index is 0.355. The first kappa shape index (κ1) is 21.2. The predicted molar refractivity (Wildman–Crippen MR) is 128 cm³/mol. The van der Waals surface area contributed by atoms with Crippen LogP contribution in [0.5, 0.6) is 11.5 Å². The SMILES string of the molecule is COc1cc(OC)cc(C(=O)N/N=C/c2c(-c3ccccc3)[nH]c3c(C)cc(C)cc23)c1. The summed E-state index contributed by atoms with van der Waals surface area (Å²) in [7, 11) is 3.08. The van der Waals surface area contributed by atoms with Crippen molar-refractivity contribution in [1.82, 2.24) is 10.4 Å². The summed E-state index contributed by atoms with van der Waals surface area (Å²) in [5, 5.41) is 5.33. The highest BCUT2D eigenvalue weighted by atomic mass is 16.5. The number of H-pyrrole nitrogens is 1. The molecular weight excluding hydrogens is 402 g/mol. The Morgan fingerprint density at radius 2 is 1.66 bits per heavy atom. The lowest BCUT2D eigenvalue weighted by Gasteiger charge is -2.07. The molecule has 4 rings (SSSR count). The van der Waals surface area contributed by atoms with E-state index < -0.39 is 0 Å². The molecule has 32 heavy (non-hydrogen) atoms. The van der Waals surface area contributed by atoms with Crippen LogP contribution in [0.1, 0.15) is 27.0 Å². The average molecular weight is 428 g/mol. The third-order valence-corrected chi connectivity index (χ3v) is 5.33. The summed E-state index contributed by atoms with van der Waals surface area (Å²) in [6, 6.07) is 19.3. The molecule has 0 aliphatic carbocycles. The summed E-state index contributed by atoms with van der Waals surface area (Å²) < 4.78 is 10.5. The van der Waals surface area contributed by atoms with Gasteiger partial charge in [0, 0.05) is 28.1 Å². The molecule has 162 valence electrons. The predicted octanol–water partition coefficient (Wildman–Crippen LogP) is 5.23. The number of rotatable bonds is 6. The number of benzene rings is 3. The van der Waals surface area contributed by atoms with Crippen molar-refractivity contribution >= 4 is 23.0 Å². The lowest BCUT2D eigenvalue weighted by atomic mass is 10.0. The second-order valence-electron chi connectivity index (χ2n) is 7.58. The van der Waals surface area contributed by atoms with Crippen LogP contribution < -0.4 is 14.9 Å². The van der Waals surface area contributed by atoms with Crippen LogP contribution in [0.2, 0.25) is 0 Å². The molecule has 0 aliphatic rings. The number of aryl methyl sites for hydroxylation is 2. The molecule has 1 aromatic heterocycles. The number of methoxy groups -OCH3 is 2. The van der Waals surface area contributed by atoms with Crippen molar-refractivity contribution in [2.75, 3.05) is 14.2 Å². The van der Waals surface area contributed by atoms with Crippen molar-refractivity contribution < 1.29 is 14.3 Å². The van der Waals surface area contributed by atoms with Gasteiger partial charge in [-0.05, 0) is 43.2 Å². The minimum Gasteiger partial charge on any atom is -0.497 e. The molecule has 0 unspecified atom stereocenters. The molecular formula is C26H25N3O3. The number of carbonyl (C=O) groups excluding carboxylic acids is 1. The summed E-state index contributed by atoms with van der Waals surface area (Å²) in [6.45, 7) is 4.15. The summed E-state index contributed by atoms with van der Waals surface area (Å²) in [5.41, 5.74) is 9.31. The van der Waals surface area contributed by atoms with Crippen LogP contribution in [-0.4, -0.2) is 31.3 Å². The van der Waals surface area contributed by atoms with E-state index in [0.717, 1.165) is 38.9 Å². The molecule has 0 saturated heterocycles. The van der Waals surface area contributed by atoms with Crippen LogP contribution in [0, 0.1) is 13.8 Å². The highest BCUT2D eigenvalue weighted by Crippen LogP contribution is 2.31. The van der Waals surface area contributed by atoms with Gasteiger partial charge in [0.05, 0.1) is 26.1 Å². The summed E-state index contributed by atoms with van der Waals surface area (Å²) in [6.07, 6.45) is 1.69. The largest absolute Gasteiger partial charge is 0.497 e. The zero-order valence-electron chi connectivity index (χ0n) is 18.5. The van der Waals surface area contributed by atoms with Gasteiger partial charge >= 0.3 is 0 Å². The fraction of sp³-hybridized carbons (Fsp3) is 0.154. The Morgan fingerprint density at radius 3 is 2.31 bits per heavy atom. The summed E-state index contributed by atoms with van der Waals surface area (Å²) >= 11 is 0. The molecule has 0 fully saturated rings. The quantitative estimate of drug-likeness (QED) is 0.327. The number of carbonyl (C=O) groups is 1. The van der Waals surface area contributed by atoms with Gasteiger partial charge in [0.2, 0.25) is 0 Å². The van der Waals surface area contributed by atoms with Gasteiger partial charge in [0.25, 0.3) is 5.91 Å². The zero-order valence-corrected chi connectivity index (χ0v) is 18.5. The number of nitrogens with zero attached hydrogens (tertiary/aromatic N) is 1. The molecule has 1 amide bonds. The second-order valence-corrected chi connectivity index (χ2v) is 7.58. The molecule has 1 heterocycles. The fourth-order valence-electron chi connectivity index (χ4n) is 3.80. The van der Waals surface area contributed by atoms with Gasteiger partial charge in [0.15, 0.2) is 0 Å². The third-order valence-electron chi connectivity index (χ3n) is 5.33. The van der Waals surface area contributed by atoms with Crippen LogP contribution >= 0.6 is 0 Å². The zero-order chi connectivity index (χ0) is 22.7. The van der Waals surface area contributed by atoms with E-state index in [2.05, 4.69) is 41.5 Å². The van der Waals surface area contributed by atoms with Crippen molar-refractivity contribution in [3.8, 4) is 22.8 Å². The van der Waals surface area contributed by atoms with Crippen molar-refractivity contribution in [3.63, 3.8) is 0 Å². The average Bonchev–Trinajstić information content (AvgIpc) is 3.17. The smallest absolute Gasteiger partial charge is 0.271 e. The molecule has 3 aromatic carbocycles. The first-order valence-electron chi connectivity index (χ1n) is 10.2. The van der Waals surface area contributed by atoms with Gasteiger partial charge in [0.1, 0.15) is 11.5 Å². The highest BCUT2D eigenvalue weighted by Gasteiger charge is 2.14. The summed E-state index contributed by atoms with van der Waals surface area (Å²) in [4.78, 5) is 16.2. The molecule has 0 atom stereocenters. The van der Waals surface area contributed by atoms with Crippen molar-refractivity contribution in [2.24, 2.45) is 5.10 Å². The summed E-state index contributed by atoms with van der Waals surface area (Å²) in [5.74, 6) is 0.715. The van der Waals surface area contributed by atoms with Gasteiger partial charge in [-0.2, -0.15) is 5.10 Å². The highest BCUT2D eigenvalue weighted by molar-refractivity contribution is 6.07. The number of fused-ring (bicyclic) bond motifs is 1. The van der Waals surface area contributed by atoms with Crippen LogP contribution in [0.15, 0.2) is 65.8 Å². The number of hydrogen-bond acceptors (Lipinski definition) is 4. The minimum atomic E-state index is -0.355. The van der Waals surface area contributed by atoms with E-state index in [4.69, 9.17) is 9.47 Å². The van der Waals surface area contributed by atoms with Crippen LogP contribution in [-0.2, 0) is 0 Å². The maximum Gasteiger partial charge on any atom is 0.271 e. The number of aromatic amines is 1. The Balaban J connectivity index is 1.70. The normalized spacial score (nSPS) is 11.1. The second kappa shape index (κ2) is 8.98. The van der Waals surface area contributed by atoms with E-state index >= 15 is 0 Å². The van der Waals surface area contributed by atoms with Gasteiger partial charge in [-0.1, -0.05) is 42.0 Å². The maximum atomic E-state index is 12.7. The molecule has 6 heteroatoms. The van der Waals surface area contributed by atoms with Gasteiger partial charge in [-0.25, -0.2) is 5.43 Å². The molecule has 0 aliphatic heterocycles. The molecule has 4 aromatic rings. The molecule has 0 radical (unpaired) electrons. The van der Waals surface area contributed by atoms with E-state index in [1.54, 1.807) is 38.6 Å². The Labute approximate surface area is 186 Å². The van der Waals surface area contributed by atoms with Crippen molar-refractivity contribution in [2.45, 2.75) is 13.8 Å². The molecule has 0 spiro atoms. The molecule has 6 nitrogen and oxygen atoms in total. The number of ether oxygens (including phenoxy) is 2. The fourth-order valence-corrected chi connectivity index (χ4v) is 3.80. The number of aromatic nitrogens is 1. The van der Waals surface area contributed by atoms with Crippen molar-refractivity contribution in [3.05, 3.63) is 82.9 Å². The first-order chi connectivity index (χ1) is 15.5. The van der Waals surface area contributed by atoms with E-state index in [0.29, 0.717) is 17.1 Å². The van der Waals surface area contributed by atoms with E-state index in [1.165, 1.54) is 0 Å². The lowest BCUT2D eigenvalue weighted by molar-refractivity contribution is 0.0954. The number of nitrogens with one attached hydrogen (secondary N) is 2. The Morgan fingerprint density at radius 1 is 0.969 bits per heavy atom. The number of amides is 1. The monoisotopic (exact) mass is 427 g/mol. The van der Waals surface area contributed by atoms with Gasteiger partial charge in [-0.3, -0.25) is 4.79 Å². The lowest BCUT2D eigenvalue weighted by Crippen LogP contribution is -2.17. The Hall–Kier alpha value is -4.06. The van der Waals surface area contributed by atoms with Gasteiger partial charge < -0.3 is 14.5 Å². The van der Waals surface area contributed by atoms with Crippen molar-refractivity contribution in [1.29, 1.82) is 0 Å². The number of hydrogen-bond donors (Lipinski definition) is 2. The third kappa shape index (κ3) is 4.21. The van der Waals surface area contributed by atoms with Crippen LogP contribution in [0.4, 0.5) is 0 Å². The van der Waals surface area contributed by atoms with E-state index in [1.807, 2.05) is 30.3 Å². The number of hydrazone groups is 1. The van der Waals surface area contributed by atoms with Crippen LogP contribution in [0.3, 0.4) is 0 Å².